The fraction of sp³-hybridized carbons (Fsp3) is 0.316. The number of likely N-dealkylation sites (N-methyl/N-ethyl adjacent to an activating group) is 1. The molecule has 1 unspecified atom stereocenters. The number of aromatic carboxylic acids is 1. The van der Waals surface area contributed by atoms with Crippen molar-refractivity contribution in [1.29, 1.82) is 0 Å². The van der Waals surface area contributed by atoms with Crippen molar-refractivity contribution in [2.24, 2.45) is 0 Å². The summed E-state index contributed by atoms with van der Waals surface area (Å²) in [5.74, 6) is -2.86. The van der Waals surface area contributed by atoms with Crippen molar-refractivity contribution < 1.29 is 36.2 Å². The average molecular weight is 446 g/mol. The molecule has 2 aromatic carbocycles. The first kappa shape index (κ1) is 23.6. The second-order valence-electron chi connectivity index (χ2n) is 6.70. The number of ether oxygens (including phenoxy) is 1. The maximum absolute atomic E-state index is 13.9. The highest BCUT2D eigenvalue weighted by molar-refractivity contribution is 7.89. The van der Waals surface area contributed by atoms with Gasteiger partial charge in [-0.3, -0.25) is 0 Å². The lowest BCUT2D eigenvalue weighted by Crippen LogP contribution is -2.38. The molecule has 30 heavy (non-hydrogen) atoms. The van der Waals surface area contributed by atoms with Crippen LogP contribution in [0.5, 0.6) is 11.5 Å². The molecule has 0 saturated heterocycles. The first-order valence-corrected chi connectivity index (χ1v) is 10.2. The molecule has 0 heterocycles. The van der Waals surface area contributed by atoms with Crippen molar-refractivity contribution in [1.82, 2.24) is 9.62 Å². The van der Waals surface area contributed by atoms with Gasteiger partial charge in [-0.25, -0.2) is 17.9 Å². The summed E-state index contributed by atoms with van der Waals surface area (Å²) >= 11 is 0. The van der Waals surface area contributed by atoms with Crippen LogP contribution in [-0.2, 0) is 16.2 Å². The number of para-hydroxylation sites is 1. The van der Waals surface area contributed by atoms with Crippen molar-refractivity contribution >= 4 is 16.0 Å². The number of carboxylic acid groups (broad SMARTS) is 1. The Labute approximate surface area is 172 Å². The molecule has 0 saturated carbocycles. The van der Waals surface area contributed by atoms with E-state index < -0.39 is 43.9 Å². The Bertz CT molecular complexity index is 1010. The molecule has 0 amide bonds. The van der Waals surface area contributed by atoms with Crippen molar-refractivity contribution in [2.45, 2.75) is 24.0 Å². The predicted molar refractivity (Wildman–Crippen MR) is 103 cm³/mol. The van der Waals surface area contributed by atoms with Crippen molar-refractivity contribution in [3.8, 4) is 11.5 Å². The minimum atomic E-state index is -5.20. The molecule has 164 valence electrons. The Hall–Kier alpha value is -2.63. The summed E-state index contributed by atoms with van der Waals surface area (Å²) < 4.78 is 74.5. The Morgan fingerprint density at radius 3 is 2.27 bits per heavy atom. The zero-order valence-electron chi connectivity index (χ0n) is 16.4. The van der Waals surface area contributed by atoms with Crippen molar-refractivity contribution in [3.63, 3.8) is 0 Å². The highest BCUT2D eigenvalue weighted by Gasteiger charge is 2.43. The number of nitrogens with zero attached hydrogens (tertiary/aromatic N) is 1. The van der Waals surface area contributed by atoms with Gasteiger partial charge in [-0.15, -0.1) is 0 Å². The number of carbonyl (C=O) groups is 1. The molecule has 0 aliphatic heterocycles. The monoisotopic (exact) mass is 446 g/mol. The van der Waals surface area contributed by atoms with E-state index in [-0.39, 0.29) is 18.3 Å². The van der Waals surface area contributed by atoms with Crippen molar-refractivity contribution in [3.05, 3.63) is 53.6 Å². The van der Waals surface area contributed by atoms with E-state index in [1.165, 1.54) is 24.3 Å². The van der Waals surface area contributed by atoms with Gasteiger partial charge in [0.1, 0.15) is 16.9 Å². The van der Waals surface area contributed by atoms with E-state index in [1.807, 2.05) is 0 Å². The summed E-state index contributed by atoms with van der Waals surface area (Å²) in [7, 11) is -1.25. The summed E-state index contributed by atoms with van der Waals surface area (Å²) in [6.45, 7) is 1.53. The Morgan fingerprint density at radius 1 is 1.17 bits per heavy atom. The molecule has 0 aliphatic rings. The number of halogens is 3. The maximum atomic E-state index is 13.9. The second kappa shape index (κ2) is 9.02. The van der Waals surface area contributed by atoms with Crippen LogP contribution < -0.4 is 9.46 Å². The number of rotatable bonds is 8. The van der Waals surface area contributed by atoms with Gasteiger partial charge in [0.25, 0.3) is 0 Å². The van der Waals surface area contributed by atoms with Gasteiger partial charge in [-0.1, -0.05) is 18.2 Å². The molecule has 2 N–H and O–H groups in total. The second-order valence-corrected chi connectivity index (χ2v) is 8.43. The number of carboxylic acids is 1. The molecular weight excluding hydrogens is 425 g/mol. The number of benzene rings is 2. The zero-order valence-corrected chi connectivity index (χ0v) is 17.2. The van der Waals surface area contributed by atoms with E-state index in [2.05, 4.69) is 4.72 Å². The summed E-state index contributed by atoms with van der Waals surface area (Å²) in [5, 5.41) is 9.35. The first-order chi connectivity index (χ1) is 13.8. The van der Waals surface area contributed by atoms with Crippen molar-refractivity contribution in [2.75, 3.05) is 20.6 Å². The molecule has 2 aromatic rings. The lowest BCUT2D eigenvalue weighted by atomic mass is 10.1. The van der Waals surface area contributed by atoms with E-state index in [9.17, 15) is 31.5 Å². The third kappa shape index (κ3) is 5.49. The largest absolute Gasteiger partial charge is 0.478 e. The minimum Gasteiger partial charge on any atom is -0.478 e. The normalized spacial score (nSPS) is 13.3. The summed E-state index contributed by atoms with van der Waals surface area (Å²) in [4.78, 5) is 12.1. The van der Waals surface area contributed by atoms with Gasteiger partial charge in [-0.2, -0.15) is 13.2 Å². The number of nitrogens with one attached hydrogen (secondary N) is 1. The lowest BCUT2D eigenvalue weighted by molar-refractivity contribution is -0.140. The van der Waals surface area contributed by atoms with Crippen LogP contribution in [0.15, 0.2) is 47.4 Å². The number of sulfonamides is 1. The average Bonchev–Trinajstić information content (AvgIpc) is 2.65. The van der Waals surface area contributed by atoms with E-state index in [4.69, 9.17) is 4.74 Å². The summed E-state index contributed by atoms with van der Waals surface area (Å²) in [6.07, 6.45) is -5.20. The summed E-state index contributed by atoms with van der Waals surface area (Å²) in [6, 6.07) is 8.29. The predicted octanol–water partition coefficient (Wildman–Crippen LogP) is 3.42. The number of alkyl halides is 3. The van der Waals surface area contributed by atoms with E-state index in [0.29, 0.717) is 6.07 Å². The fourth-order valence-electron chi connectivity index (χ4n) is 2.43. The standard InChI is InChI=1S/C19H21F3N2O5S/c1-12(24(2)3)11-23-30(27,28)15-10-9-14(18(25)26)17(16(15)19(20,21)22)29-13-7-5-4-6-8-13/h4-10,12,23H,11H2,1-3H3,(H,25,26). The summed E-state index contributed by atoms with van der Waals surface area (Å²) in [5.41, 5.74) is -2.50. The minimum absolute atomic E-state index is 0.0748. The molecule has 0 spiro atoms. The molecule has 0 radical (unpaired) electrons. The zero-order chi connectivity index (χ0) is 22.7. The highest BCUT2D eigenvalue weighted by Crippen LogP contribution is 2.44. The maximum Gasteiger partial charge on any atom is 0.421 e. The van der Waals surface area contributed by atoms with Crippen LogP contribution in [0, 0.1) is 0 Å². The van der Waals surface area contributed by atoms with Gasteiger partial charge in [0, 0.05) is 12.6 Å². The third-order valence-electron chi connectivity index (χ3n) is 4.34. The van der Waals surface area contributed by atoms with Crippen LogP contribution in [-0.4, -0.2) is 51.1 Å². The van der Waals surface area contributed by atoms with E-state index >= 15 is 0 Å². The Balaban J connectivity index is 2.67. The van der Waals surface area contributed by atoms with Gasteiger partial charge in [0.2, 0.25) is 10.0 Å². The molecule has 2 rings (SSSR count). The van der Waals surface area contributed by atoms with Crippen LogP contribution in [0.1, 0.15) is 22.8 Å². The van der Waals surface area contributed by atoms with Crippen LogP contribution in [0.4, 0.5) is 13.2 Å². The van der Waals surface area contributed by atoms with Gasteiger partial charge in [0.15, 0.2) is 5.75 Å². The molecule has 0 bridgehead atoms. The van der Waals surface area contributed by atoms with Gasteiger partial charge in [0.05, 0.1) is 4.90 Å². The van der Waals surface area contributed by atoms with Crippen LogP contribution in [0.25, 0.3) is 0 Å². The van der Waals surface area contributed by atoms with Gasteiger partial charge in [-0.05, 0) is 45.3 Å². The third-order valence-corrected chi connectivity index (χ3v) is 5.80. The molecular formula is C19H21F3N2O5S. The SMILES string of the molecule is CC(CNS(=O)(=O)c1ccc(C(=O)O)c(Oc2ccccc2)c1C(F)(F)F)N(C)C. The molecule has 1 atom stereocenters. The van der Waals surface area contributed by atoms with E-state index in [1.54, 1.807) is 32.0 Å². The molecule has 11 heteroatoms. The molecule has 0 aliphatic carbocycles. The highest BCUT2D eigenvalue weighted by atomic mass is 32.2. The van der Waals surface area contributed by atoms with E-state index in [0.717, 1.165) is 6.07 Å². The fourth-order valence-corrected chi connectivity index (χ4v) is 3.77. The Kier molecular flexibility index (Phi) is 7.11. The smallest absolute Gasteiger partial charge is 0.421 e. The van der Waals surface area contributed by atoms with Crippen LogP contribution >= 0.6 is 0 Å². The molecule has 7 nitrogen and oxygen atoms in total. The quantitative estimate of drug-likeness (QED) is 0.645. The van der Waals surface area contributed by atoms with Gasteiger partial charge < -0.3 is 14.7 Å². The number of hydrogen-bond acceptors (Lipinski definition) is 5. The lowest BCUT2D eigenvalue weighted by Gasteiger charge is -2.22. The van der Waals surface area contributed by atoms with Crippen LogP contribution in [0.2, 0.25) is 0 Å². The molecule has 0 aromatic heterocycles. The Morgan fingerprint density at radius 2 is 1.77 bits per heavy atom. The topological polar surface area (TPSA) is 95.9 Å². The van der Waals surface area contributed by atoms with Gasteiger partial charge >= 0.3 is 12.1 Å². The number of hydrogen-bond donors (Lipinski definition) is 2. The first-order valence-electron chi connectivity index (χ1n) is 8.71. The molecule has 0 fully saturated rings. The van der Waals surface area contributed by atoms with Crippen LogP contribution in [0.3, 0.4) is 0 Å².